The van der Waals surface area contributed by atoms with Crippen LogP contribution in [0.4, 0.5) is 5.69 Å². The minimum absolute atomic E-state index is 0.524. The van der Waals surface area contributed by atoms with E-state index in [-0.39, 0.29) is 0 Å². The molecule has 0 unspecified atom stereocenters. The second-order valence-corrected chi connectivity index (χ2v) is 2.49. The van der Waals surface area contributed by atoms with E-state index in [0.29, 0.717) is 6.54 Å². The van der Waals surface area contributed by atoms with Crippen LogP contribution in [0, 0.1) is 0 Å². The number of hydrogen-bond donors (Lipinski definition) is 2. The summed E-state index contributed by atoms with van der Waals surface area (Å²) in [7, 11) is 0. The van der Waals surface area contributed by atoms with Gasteiger partial charge in [-0.2, -0.15) is 0 Å². The first kappa shape index (κ1) is 9.32. The summed E-state index contributed by atoms with van der Waals surface area (Å²) in [5.74, 6) is -0.921. The Bertz CT molecular complexity index is 293. The van der Waals surface area contributed by atoms with Crippen molar-refractivity contribution in [3.63, 3.8) is 0 Å². The molecule has 1 rings (SSSR count). The lowest BCUT2D eigenvalue weighted by Crippen LogP contribution is -1.98. The number of rotatable bonds is 4. The fourth-order valence-corrected chi connectivity index (χ4v) is 0.893. The SMILES string of the molecule is O=C(O)C=CCNc1ccccc1. The van der Waals surface area contributed by atoms with Gasteiger partial charge in [0.2, 0.25) is 0 Å². The summed E-state index contributed by atoms with van der Waals surface area (Å²) in [4.78, 5) is 10.1. The minimum atomic E-state index is -0.921. The van der Waals surface area contributed by atoms with Crippen LogP contribution < -0.4 is 5.32 Å². The molecule has 0 heterocycles. The van der Waals surface area contributed by atoms with Gasteiger partial charge in [0.15, 0.2) is 0 Å². The number of carboxylic acids is 1. The number of carbonyl (C=O) groups is 1. The molecule has 0 spiro atoms. The van der Waals surface area contributed by atoms with Crippen molar-refractivity contribution in [1.82, 2.24) is 0 Å². The number of carboxylic acid groups (broad SMARTS) is 1. The van der Waals surface area contributed by atoms with Crippen molar-refractivity contribution in [2.75, 3.05) is 11.9 Å². The van der Waals surface area contributed by atoms with E-state index < -0.39 is 5.97 Å². The van der Waals surface area contributed by atoms with Gasteiger partial charge >= 0.3 is 5.97 Å². The van der Waals surface area contributed by atoms with Crippen molar-refractivity contribution in [3.05, 3.63) is 42.5 Å². The maximum atomic E-state index is 10.1. The third-order valence-electron chi connectivity index (χ3n) is 1.46. The number of para-hydroxylation sites is 1. The average molecular weight is 177 g/mol. The summed E-state index contributed by atoms with van der Waals surface area (Å²) in [6.45, 7) is 0.524. The second kappa shape index (κ2) is 4.98. The Hall–Kier alpha value is -1.77. The van der Waals surface area contributed by atoms with Crippen molar-refractivity contribution in [2.24, 2.45) is 0 Å². The van der Waals surface area contributed by atoms with Gasteiger partial charge < -0.3 is 10.4 Å². The van der Waals surface area contributed by atoms with Gasteiger partial charge in [0.05, 0.1) is 0 Å². The highest BCUT2D eigenvalue weighted by Gasteiger charge is 1.86. The Kier molecular flexibility index (Phi) is 3.57. The normalized spacial score (nSPS) is 10.2. The third-order valence-corrected chi connectivity index (χ3v) is 1.46. The molecule has 3 heteroatoms. The van der Waals surface area contributed by atoms with E-state index in [0.717, 1.165) is 11.8 Å². The fourth-order valence-electron chi connectivity index (χ4n) is 0.893. The predicted octanol–water partition coefficient (Wildman–Crippen LogP) is 1.74. The highest BCUT2D eigenvalue weighted by Crippen LogP contribution is 2.03. The van der Waals surface area contributed by atoms with E-state index in [1.807, 2.05) is 30.3 Å². The van der Waals surface area contributed by atoms with Crippen molar-refractivity contribution >= 4 is 11.7 Å². The number of nitrogens with one attached hydrogen (secondary N) is 1. The third kappa shape index (κ3) is 3.96. The van der Waals surface area contributed by atoms with Gasteiger partial charge in [0, 0.05) is 18.3 Å². The van der Waals surface area contributed by atoms with E-state index in [1.165, 1.54) is 0 Å². The molecule has 1 aromatic rings. The first-order valence-electron chi connectivity index (χ1n) is 3.97. The van der Waals surface area contributed by atoms with Crippen LogP contribution in [0.3, 0.4) is 0 Å². The van der Waals surface area contributed by atoms with Crippen LogP contribution >= 0.6 is 0 Å². The van der Waals surface area contributed by atoms with E-state index in [2.05, 4.69) is 5.32 Å². The Balaban J connectivity index is 2.32. The molecule has 0 aliphatic rings. The minimum Gasteiger partial charge on any atom is -0.478 e. The molecule has 0 amide bonds. The summed E-state index contributed by atoms with van der Waals surface area (Å²) < 4.78 is 0. The molecular weight excluding hydrogens is 166 g/mol. The largest absolute Gasteiger partial charge is 0.478 e. The summed E-state index contributed by atoms with van der Waals surface area (Å²) in [6.07, 6.45) is 2.69. The summed E-state index contributed by atoms with van der Waals surface area (Å²) in [6, 6.07) is 9.62. The zero-order valence-electron chi connectivity index (χ0n) is 7.10. The van der Waals surface area contributed by atoms with Crippen molar-refractivity contribution in [1.29, 1.82) is 0 Å². The highest BCUT2D eigenvalue weighted by atomic mass is 16.4. The first-order valence-corrected chi connectivity index (χ1v) is 3.97. The molecule has 13 heavy (non-hydrogen) atoms. The van der Waals surface area contributed by atoms with Crippen molar-refractivity contribution < 1.29 is 9.90 Å². The monoisotopic (exact) mass is 177 g/mol. The van der Waals surface area contributed by atoms with Crippen LogP contribution in [0.25, 0.3) is 0 Å². The van der Waals surface area contributed by atoms with Gasteiger partial charge in [-0.15, -0.1) is 0 Å². The molecular formula is C10H11NO2. The lowest BCUT2D eigenvalue weighted by molar-refractivity contribution is -0.131. The topological polar surface area (TPSA) is 49.3 Å². The maximum absolute atomic E-state index is 10.1. The molecule has 2 N–H and O–H groups in total. The molecule has 68 valence electrons. The number of aliphatic carboxylic acids is 1. The van der Waals surface area contributed by atoms with E-state index in [9.17, 15) is 4.79 Å². The Labute approximate surface area is 76.7 Å². The van der Waals surface area contributed by atoms with Crippen LogP contribution in [-0.2, 0) is 4.79 Å². The molecule has 1 aromatic carbocycles. The second-order valence-electron chi connectivity index (χ2n) is 2.49. The van der Waals surface area contributed by atoms with Crippen LogP contribution in [0.5, 0.6) is 0 Å². The van der Waals surface area contributed by atoms with Gasteiger partial charge in [-0.25, -0.2) is 4.79 Å². The van der Waals surface area contributed by atoms with E-state index in [1.54, 1.807) is 6.08 Å². The number of hydrogen-bond acceptors (Lipinski definition) is 2. The zero-order chi connectivity index (χ0) is 9.52. The summed E-state index contributed by atoms with van der Waals surface area (Å²) in [5.41, 5.74) is 0.984. The van der Waals surface area contributed by atoms with Gasteiger partial charge in [0.1, 0.15) is 0 Å². The van der Waals surface area contributed by atoms with Gasteiger partial charge in [-0.1, -0.05) is 24.3 Å². The van der Waals surface area contributed by atoms with Crippen LogP contribution in [0.2, 0.25) is 0 Å². The standard InChI is InChI=1S/C10H11NO2/c12-10(13)7-4-8-11-9-5-2-1-3-6-9/h1-7,11H,8H2,(H,12,13). The summed E-state index contributed by atoms with van der Waals surface area (Å²) in [5, 5.41) is 11.3. The maximum Gasteiger partial charge on any atom is 0.328 e. The van der Waals surface area contributed by atoms with Crippen LogP contribution in [-0.4, -0.2) is 17.6 Å². The Morgan fingerprint density at radius 1 is 1.38 bits per heavy atom. The van der Waals surface area contributed by atoms with Gasteiger partial charge in [-0.05, 0) is 12.1 Å². The predicted molar refractivity (Wildman–Crippen MR) is 51.7 cm³/mol. The highest BCUT2D eigenvalue weighted by molar-refractivity contribution is 5.79. The molecule has 0 bridgehead atoms. The molecule has 0 saturated heterocycles. The Morgan fingerprint density at radius 3 is 2.69 bits per heavy atom. The number of anilines is 1. The molecule has 0 aliphatic heterocycles. The summed E-state index contributed by atoms with van der Waals surface area (Å²) >= 11 is 0. The van der Waals surface area contributed by atoms with Crippen molar-refractivity contribution in [3.8, 4) is 0 Å². The quantitative estimate of drug-likeness (QED) is 0.689. The van der Waals surface area contributed by atoms with Gasteiger partial charge in [0.25, 0.3) is 0 Å². The first-order chi connectivity index (χ1) is 6.29. The van der Waals surface area contributed by atoms with Crippen LogP contribution in [0.15, 0.2) is 42.5 Å². The van der Waals surface area contributed by atoms with Crippen molar-refractivity contribution in [2.45, 2.75) is 0 Å². The van der Waals surface area contributed by atoms with E-state index >= 15 is 0 Å². The molecule has 0 fully saturated rings. The lowest BCUT2D eigenvalue weighted by Gasteiger charge is -2.00. The number of benzene rings is 1. The van der Waals surface area contributed by atoms with Crippen LogP contribution in [0.1, 0.15) is 0 Å². The lowest BCUT2D eigenvalue weighted by atomic mass is 10.3. The molecule has 3 nitrogen and oxygen atoms in total. The Morgan fingerprint density at radius 2 is 2.08 bits per heavy atom. The zero-order valence-corrected chi connectivity index (χ0v) is 7.10. The molecule has 0 radical (unpaired) electrons. The van der Waals surface area contributed by atoms with Gasteiger partial charge in [-0.3, -0.25) is 0 Å². The van der Waals surface area contributed by atoms with E-state index in [4.69, 9.17) is 5.11 Å². The smallest absolute Gasteiger partial charge is 0.328 e. The molecule has 0 aromatic heterocycles. The average Bonchev–Trinajstić information content (AvgIpc) is 2.14. The molecule has 0 saturated carbocycles. The molecule has 0 atom stereocenters. The fraction of sp³-hybridized carbons (Fsp3) is 0.100. The molecule has 0 aliphatic carbocycles.